The van der Waals surface area contributed by atoms with Crippen LogP contribution in [0.15, 0.2) is 12.1 Å². The highest BCUT2D eigenvalue weighted by atomic mass is 16.3. The molecule has 2 fully saturated rings. The first-order chi connectivity index (χ1) is 8.79. The highest BCUT2D eigenvalue weighted by Gasteiger charge is 2.60. The van der Waals surface area contributed by atoms with E-state index in [1.54, 1.807) is 0 Å². The zero-order valence-electron chi connectivity index (χ0n) is 12.9. The summed E-state index contributed by atoms with van der Waals surface area (Å²) in [5, 5.41) is 10.6. The second-order valence-electron chi connectivity index (χ2n) is 7.58. The Bertz CT molecular complexity index is 533. The maximum Gasteiger partial charge on any atom is 0.122 e. The van der Waals surface area contributed by atoms with Crippen LogP contribution in [0.4, 0.5) is 0 Å². The van der Waals surface area contributed by atoms with Crippen LogP contribution in [0.3, 0.4) is 0 Å². The van der Waals surface area contributed by atoms with E-state index in [4.69, 9.17) is 0 Å². The molecule has 2 aliphatic rings. The zero-order chi connectivity index (χ0) is 14.0. The molecule has 0 heterocycles. The number of benzene rings is 1. The maximum atomic E-state index is 10.6. The minimum Gasteiger partial charge on any atom is -0.507 e. The number of hydrogen-bond donors (Lipinski definition) is 1. The van der Waals surface area contributed by atoms with Crippen LogP contribution >= 0.6 is 0 Å². The first-order valence-electron chi connectivity index (χ1n) is 7.59. The Kier molecular flexibility index (Phi) is 2.59. The molecular formula is C18H26O. The van der Waals surface area contributed by atoms with Gasteiger partial charge in [-0.3, -0.25) is 0 Å². The molecule has 1 nitrogen and oxygen atoms in total. The van der Waals surface area contributed by atoms with E-state index in [0.717, 1.165) is 11.5 Å². The monoisotopic (exact) mass is 258 g/mol. The van der Waals surface area contributed by atoms with Crippen LogP contribution in [0, 0.1) is 30.6 Å². The summed E-state index contributed by atoms with van der Waals surface area (Å²) < 4.78 is 0. The summed E-state index contributed by atoms with van der Waals surface area (Å²) in [4.78, 5) is 0. The first-order valence-corrected chi connectivity index (χ1v) is 7.59. The topological polar surface area (TPSA) is 20.2 Å². The molecule has 1 unspecified atom stereocenters. The van der Waals surface area contributed by atoms with Crippen LogP contribution in [0.1, 0.15) is 62.6 Å². The van der Waals surface area contributed by atoms with Crippen molar-refractivity contribution in [3.8, 4) is 5.75 Å². The lowest BCUT2D eigenvalue weighted by Gasteiger charge is -2.34. The van der Waals surface area contributed by atoms with Crippen molar-refractivity contribution in [1.82, 2.24) is 0 Å². The molecule has 0 radical (unpaired) electrons. The molecule has 1 heteroatoms. The van der Waals surface area contributed by atoms with Gasteiger partial charge in [-0.05, 0) is 72.5 Å². The van der Waals surface area contributed by atoms with Gasteiger partial charge in [0.05, 0.1) is 0 Å². The molecule has 4 atom stereocenters. The van der Waals surface area contributed by atoms with Gasteiger partial charge in [0, 0.05) is 0 Å². The van der Waals surface area contributed by atoms with Crippen molar-refractivity contribution in [3.05, 3.63) is 28.8 Å². The Hall–Kier alpha value is -0.980. The van der Waals surface area contributed by atoms with Gasteiger partial charge in [0.15, 0.2) is 0 Å². The van der Waals surface area contributed by atoms with E-state index in [1.165, 1.54) is 30.4 Å². The summed E-state index contributed by atoms with van der Waals surface area (Å²) in [7, 11) is 0. The lowest BCUT2D eigenvalue weighted by atomic mass is 9.70. The lowest BCUT2D eigenvalue weighted by Crippen LogP contribution is -2.23. The van der Waals surface area contributed by atoms with Crippen molar-refractivity contribution in [1.29, 1.82) is 0 Å². The van der Waals surface area contributed by atoms with Crippen LogP contribution in [0.5, 0.6) is 5.75 Å². The predicted octanol–water partition coefficient (Wildman–Crippen LogP) is 4.94. The van der Waals surface area contributed by atoms with E-state index in [-0.39, 0.29) is 0 Å². The molecule has 0 spiro atoms. The van der Waals surface area contributed by atoms with Gasteiger partial charge in [-0.1, -0.05) is 32.9 Å². The van der Waals surface area contributed by atoms with Gasteiger partial charge in [0.25, 0.3) is 0 Å². The molecule has 0 saturated heterocycles. The predicted molar refractivity (Wildman–Crippen MR) is 79.6 cm³/mol. The van der Waals surface area contributed by atoms with E-state index >= 15 is 0 Å². The Labute approximate surface area is 117 Å². The third kappa shape index (κ3) is 1.53. The number of hydrogen-bond acceptors (Lipinski definition) is 1. The number of rotatable bonds is 1. The minimum absolute atomic E-state index is 0.369. The summed E-state index contributed by atoms with van der Waals surface area (Å²) >= 11 is 0. The summed E-state index contributed by atoms with van der Waals surface area (Å²) in [5.41, 5.74) is 4.29. The van der Waals surface area contributed by atoms with E-state index in [9.17, 15) is 5.11 Å². The lowest BCUT2D eigenvalue weighted by molar-refractivity contribution is 0.224. The van der Waals surface area contributed by atoms with Crippen molar-refractivity contribution < 1.29 is 5.11 Å². The van der Waals surface area contributed by atoms with E-state index in [1.807, 2.05) is 6.92 Å². The third-order valence-corrected chi connectivity index (χ3v) is 6.84. The molecule has 1 aromatic carbocycles. The molecule has 2 saturated carbocycles. The van der Waals surface area contributed by atoms with E-state index in [2.05, 4.69) is 39.8 Å². The van der Waals surface area contributed by atoms with E-state index < -0.39 is 0 Å². The summed E-state index contributed by atoms with van der Waals surface area (Å²) in [5.74, 6) is 1.83. The number of phenols is 1. The maximum absolute atomic E-state index is 10.6. The average Bonchev–Trinajstić information content (AvgIpc) is 2.71. The van der Waals surface area contributed by atoms with Crippen LogP contribution in [0.2, 0.25) is 0 Å². The highest BCUT2D eigenvalue weighted by molar-refractivity contribution is 5.47. The summed E-state index contributed by atoms with van der Waals surface area (Å²) in [6.07, 6.45) is 3.90. The fourth-order valence-electron chi connectivity index (χ4n) is 4.81. The molecule has 2 bridgehead atoms. The molecule has 0 aliphatic heterocycles. The number of phenolic OH excluding ortho intramolecular Hbond substituents is 1. The van der Waals surface area contributed by atoms with Crippen molar-refractivity contribution >= 4 is 0 Å². The summed E-state index contributed by atoms with van der Waals surface area (Å²) in [6, 6.07) is 4.34. The van der Waals surface area contributed by atoms with Crippen molar-refractivity contribution in [2.24, 2.45) is 16.7 Å². The van der Waals surface area contributed by atoms with Gasteiger partial charge in [-0.15, -0.1) is 0 Å². The van der Waals surface area contributed by atoms with Gasteiger partial charge in [0.1, 0.15) is 5.75 Å². The standard InChI is InChI=1S/C18H26O/c1-11-6-7-14(16(19)12(11)2)15-10-17(4)8-9-18(15,5)13(17)3/h6-7,13,15,19H,8-10H2,1-5H3/t13?,15-,17+,18+/m0/s1. The molecule has 2 aliphatic carbocycles. The van der Waals surface area contributed by atoms with Gasteiger partial charge in [0.2, 0.25) is 0 Å². The third-order valence-electron chi connectivity index (χ3n) is 6.84. The molecule has 3 rings (SSSR count). The van der Waals surface area contributed by atoms with Crippen LogP contribution in [-0.4, -0.2) is 5.11 Å². The number of aryl methyl sites for hydroxylation is 1. The normalized spacial score (nSPS) is 40.9. The highest BCUT2D eigenvalue weighted by Crippen LogP contribution is 2.71. The Morgan fingerprint density at radius 1 is 1.16 bits per heavy atom. The smallest absolute Gasteiger partial charge is 0.122 e. The second kappa shape index (κ2) is 3.77. The average molecular weight is 258 g/mol. The quantitative estimate of drug-likeness (QED) is 0.756. The fourth-order valence-corrected chi connectivity index (χ4v) is 4.81. The summed E-state index contributed by atoms with van der Waals surface area (Å²) in [6.45, 7) is 11.4. The van der Waals surface area contributed by atoms with Crippen molar-refractivity contribution in [2.45, 2.75) is 59.8 Å². The van der Waals surface area contributed by atoms with Crippen LogP contribution < -0.4 is 0 Å². The van der Waals surface area contributed by atoms with Gasteiger partial charge in [-0.2, -0.15) is 0 Å². The van der Waals surface area contributed by atoms with Gasteiger partial charge in [-0.25, -0.2) is 0 Å². The van der Waals surface area contributed by atoms with Gasteiger partial charge < -0.3 is 5.11 Å². The molecule has 1 aromatic rings. The zero-order valence-corrected chi connectivity index (χ0v) is 12.9. The Balaban J connectivity index is 2.08. The largest absolute Gasteiger partial charge is 0.507 e. The molecular weight excluding hydrogens is 232 g/mol. The van der Waals surface area contributed by atoms with Crippen molar-refractivity contribution in [3.63, 3.8) is 0 Å². The Morgan fingerprint density at radius 2 is 1.84 bits per heavy atom. The molecule has 104 valence electrons. The van der Waals surface area contributed by atoms with Crippen molar-refractivity contribution in [2.75, 3.05) is 0 Å². The first kappa shape index (κ1) is 13.0. The Morgan fingerprint density at radius 3 is 2.37 bits per heavy atom. The minimum atomic E-state index is 0.369. The second-order valence-corrected chi connectivity index (χ2v) is 7.58. The van der Waals surface area contributed by atoms with Gasteiger partial charge >= 0.3 is 0 Å². The molecule has 0 amide bonds. The number of fused-ring (bicyclic) bond motifs is 2. The van der Waals surface area contributed by atoms with Crippen LogP contribution in [-0.2, 0) is 0 Å². The molecule has 1 N–H and O–H groups in total. The van der Waals surface area contributed by atoms with Crippen LogP contribution in [0.25, 0.3) is 0 Å². The fraction of sp³-hybridized carbons (Fsp3) is 0.667. The molecule has 19 heavy (non-hydrogen) atoms. The van der Waals surface area contributed by atoms with E-state index in [0.29, 0.717) is 22.5 Å². The SMILES string of the molecule is Cc1ccc([C@@H]2C[C@@]3(C)CC[C@]2(C)C3C)c(O)c1C. The number of aromatic hydroxyl groups is 1. The molecule has 0 aromatic heterocycles.